The van der Waals surface area contributed by atoms with Gasteiger partial charge in [-0.3, -0.25) is 0 Å². The maximum absolute atomic E-state index is 5.47. The molecule has 2 N–H and O–H groups in total. The van der Waals surface area contributed by atoms with Gasteiger partial charge >= 0.3 is 0 Å². The molecule has 2 nitrogen and oxygen atoms in total. The highest BCUT2D eigenvalue weighted by molar-refractivity contribution is 5.36. The van der Waals surface area contributed by atoms with Gasteiger partial charge in [-0.25, -0.2) is 0 Å². The average molecular weight is 151 g/mol. The van der Waals surface area contributed by atoms with Crippen LogP contribution in [0.1, 0.15) is 11.1 Å². The number of nitrogens with two attached hydrogens (primary N) is 1. The summed E-state index contributed by atoms with van der Waals surface area (Å²) in [5, 5.41) is 0. The van der Waals surface area contributed by atoms with Crippen LogP contribution in [0.25, 0.3) is 0 Å². The lowest BCUT2D eigenvalue weighted by molar-refractivity contribution is 0.411. The van der Waals surface area contributed by atoms with Crippen LogP contribution >= 0.6 is 0 Å². The molecule has 0 aliphatic rings. The second kappa shape index (κ2) is 3.39. The fraction of sp³-hybridized carbons (Fsp3) is 0.333. The van der Waals surface area contributed by atoms with Crippen LogP contribution in [-0.2, 0) is 6.54 Å². The van der Waals surface area contributed by atoms with Crippen LogP contribution in [0.4, 0.5) is 0 Å². The quantitative estimate of drug-likeness (QED) is 0.694. The van der Waals surface area contributed by atoms with E-state index in [1.165, 1.54) is 0 Å². The number of methoxy groups -OCH3 is 1. The van der Waals surface area contributed by atoms with Crippen molar-refractivity contribution in [3.8, 4) is 5.75 Å². The van der Waals surface area contributed by atoms with Gasteiger partial charge in [-0.2, -0.15) is 0 Å². The minimum atomic E-state index is 0.566. The first kappa shape index (κ1) is 8.08. The topological polar surface area (TPSA) is 35.2 Å². The second-order valence-electron chi connectivity index (χ2n) is 2.51. The van der Waals surface area contributed by atoms with Crippen LogP contribution in [0.5, 0.6) is 5.75 Å². The summed E-state index contributed by atoms with van der Waals surface area (Å²) in [6, 6.07) is 5.99. The third kappa shape index (κ3) is 1.71. The summed E-state index contributed by atoms with van der Waals surface area (Å²) in [6.45, 7) is 2.58. The molecule has 1 aromatic carbocycles. The van der Waals surface area contributed by atoms with Crippen molar-refractivity contribution in [3.05, 3.63) is 29.3 Å². The van der Waals surface area contributed by atoms with Crippen LogP contribution < -0.4 is 10.5 Å². The molecule has 0 saturated carbocycles. The van der Waals surface area contributed by atoms with Crippen molar-refractivity contribution >= 4 is 0 Å². The molecule has 2 heteroatoms. The maximum atomic E-state index is 5.47. The van der Waals surface area contributed by atoms with Crippen molar-refractivity contribution in [1.29, 1.82) is 0 Å². The zero-order chi connectivity index (χ0) is 8.27. The van der Waals surface area contributed by atoms with Gasteiger partial charge in [0.05, 0.1) is 7.11 Å². The summed E-state index contributed by atoms with van der Waals surface area (Å²) in [6.07, 6.45) is 0. The van der Waals surface area contributed by atoms with Crippen LogP contribution in [0.2, 0.25) is 0 Å². The van der Waals surface area contributed by atoms with E-state index in [2.05, 4.69) is 0 Å². The fourth-order valence-electron chi connectivity index (χ4n) is 0.991. The van der Waals surface area contributed by atoms with E-state index in [0.717, 1.165) is 16.9 Å². The Hall–Kier alpha value is -1.02. The molecule has 1 rings (SSSR count). The molecule has 0 fully saturated rings. The zero-order valence-corrected chi connectivity index (χ0v) is 6.92. The molecule has 0 radical (unpaired) electrons. The lowest BCUT2D eigenvalue weighted by atomic mass is 10.1. The number of aryl methyl sites for hydroxylation is 1. The molecule has 0 atom stereocenters. The molecule has 0 aliphatic heterocycles. The molecule has 0 aromatic heterocycles. The van der Waals surface area contributed by atoms with Crippen LogP contribution in [-0.4, -0.2) is 7.11 Å². The second-order valence-corrected chi connectivity index (χ2v) is 2.51. The van der Waals surface area contributed by atoms with E-state index >= 15 is 0 Å². The molecule has 0 heterocycles. The molecule has 1 aromatic rings. The first-order valence-electron chi connectivity index (χ1n) is 3.61. The van der Waals surface area contributed by atoms with E-state index in [9.17, 15) is 0 Å². The molecule has 0 unspecified atom stereocenters. The summed E-state index contributed by atoms with van der Waals surface area (Å²) in [4.78, 5) is 0. The first-order valence-corrected chi connectivity index (χ1v) is 3.61. The lowest BCUT2D eigenvalue weighted by Crippen LogP contribution is -1.97. The van der Waals surface area contributed by atoms with E-state index in [1.807, 2.05) is 25.1 Å². The summed E-state index contributed by atoms with van der Waals surface area (Å²) < 4.78 is 5.13. The largest absolute Gasteiger partial charge is 0.496 e. The maximum Gasteiger partial charge on any atom is 0.122 e. The molecule has 60 valence electrons. The Balaban J connectivity index is 3.02. The standard InChI is InChI=1S/C9H13NO/c1-7-3-4-8(6-10)5-9(7)11-2/h3-5H,6,10H2,1-2H3. The molecule has 0 saturated heterocycles. The average Bonchev–Trinajstić information content (AvgIpc) is 2.05. The van der Waals surface area contributed by atoms with Gasteiger partial charge in [0.1, 0.15) is 5.75 Å². The van der Waals surface area contributed by atoms with Crippen molar-refractivity contribution in [2.24, 2.45) is 5.73 Å². The SMILES string of the molecule is COc1cc(CN)ccc1C. The number of ether oxygens (including phenoxy) is 1. The third-order valence-corrected chi connectivity index (χ3v) is 1.71. The Morgan fingerprint density at radius 2 is 2.18 bits per heavy atom. The summed E-state index contributed by atoms with van der Waals surface area (Å²) in [5.41, 5.74) is 7.72. The number of hydrogen-bond donors (Lipinski definition) is 1. The Morgan fingerprint density at radius 1 is 1.45 bits per heavy atom. The zero-order valence-electron chi connectivity index (χ0n) is 6.92. The van der Waals surface area contributed by atoms with Crippen LogP contribution in [0.15, 0.2) is 18.2 Å². The van der Waals surface area contributed by atoms with Crippen molar-refractivity contribution in [2.75, 3.05) is 7.11 Å². The lowest BCUT2D eigenvalue weighted by Gasteiger charge is -2.05. The van der Waals surface area contributed by atoms with Gasteiger partial charge in [0, 0.05) is 6.54 Å². The molecular formula is C9H13NO. The van der Waals surface area contributed by atoms with E-state index in [-0.39, 0.29) is 0 Å². The predicted octanol–water partition coefficient (Wildman–Crippen LogP) is 1.46. The van der Waals surface area contributed by atoms with Gasteiger partial charge in [0.25, 0.3) is 0 Å². The van der Waals surface area contributed by atoms with Crippen molar-refractivity contribution in [2.45, 2.75) is 13.5 Å². The van der Waals surface area contributed by atoms with Crippen molar-refractivity contribution < 1.29 is 4.74 Å². The number of hydrogen-bond acceptors (Lipinski definition) is 2. The predicted molar refractivity (Wildman–Crippen MR) is 45.6 cm³/mol. The van der Waals surface area contributed by atoms with Gasteiger partial charge in [-0.1, -0.05) is 12.1 Å². The van der Waals surface area contributed by atoms with Crippen LogP contribution in [0, 0.1) is 6.92 Å². The summed E-state index contributed by atoms with van der Waals surface area (Å²) in [5.74, 6) is 0.910. The minimum Gasteiger partial charge on any atom is -0.496 e. The van der Waals surface area contributed by atoms with E-state index < -0.39 is 0 Å². The highest BCUT2D eigenvalue weighted by Crippen LogP contribution is 2.18. The Labute approximate surface area is 67.0 Å². The number of rotatable bonds is 2. The third-order valence-electron chi connectivity index (χ3n) is 1.71. The Kier molecular flexibility index (Phi) is 2.49. The minimum absolute atomic E-state index is 0.566. The molecule has 0 bridgehead atoms. The van der Waals surface area contributed by atoms with Gasteiger partial charge < -0.3 is 10.5 Å². The molecule has 0 spiro atoms. The van der Waals surface area contributed by atoms with Gasteiger partial charge in [0.2, 0.25) is 0 Å². The molecule has 0 amide bonds. The fourth-order valence-corrected chi connectivity index (χ4v) is 0.991. The molecular weight excluding hydrogens is 138 g/mol. The van der Waals surface area contributed by atoms with E-state index in [1.54, 1.807) is 7.11 Å². The molecule has 11 heavy (non-hydrogen) atoms. The van der Waals surface area contributed by atoms with Crippen LogP contribution in [0.3, 0.4) is 0 Å². The summed E-state index contributed by atoms with van der Waals surface area (Å²) in [7, 11) is 1.67. The van der Waals surface area contributed by atoms with Gasteiger partial charge in [0.15, 0.2) is 0 Å². The van der Waals surface area contributed by atoms with Crippen molar-refractivity contribution in [3.63, 3.8) is 0 Å². The Morgan fingerprint density at radius 3 is 2.73 bits per heavy atom. The van der Waals surface area contributed by atoms with E-state index in [0.29, 0.717) is 6.54 Å². The smallest absolute Gasteiger partial charge is 0.122 e. The Bertz CT molecular complexity index is 245. The normalized spacial score (nSPS) is 9.73. The summed E-state index contributed by atoms with van der Waals surface area (Å²) >= 11 is 0. The van der Waals surface area contributed by atoms with Gasteiger partial charge in [-0.05, 0) is 24.1 Å². The first-order chi connectivity index (χ1) is 5.27. The monoisotopic (exact) mass is 151 g/mol. The van der Waals surface area contributed by atoms with E-state index in [4.69, 9.17) is 10.5 Å². The van der Waals surface area contributed by atoms with Crippen molar-refractivity contribution in [1.82, 2.24) is 0 Å². The highest BCUT2D eigenvalue weighted by atomic mass is 16.5. The highest BCUT2D eigenvalue weighted by Gasteiger charge is 1.97. The number of benzene rings is 1. The van der Waals surface area contributed by atoms with Gasteiger partial charge in [-0.15, -0.1) is 0 Å². The molecule has 0 aliphatic carbocycles.